The van der Waals surface area contributed by atoms with Crippen LogP contribution in [0, 0.1) is 6.92 Å². The monoisotopic (exact) mass is 309 g/mol. The molecule has 0 saturated carbocycles. The number of rotatable bonds is 2. The van der Waals surface area contributed by atoms with Crippen molar-refractivity contribution in [3.05, 3.63) is 22.3 Å². The van der Waals surface area contributed by atoms with Crippen LogP contribution in [0.15, 0.2) is 16.7 Å². The van der Waals surface area contributed by atoms with Crippen molar-refractivity contribution in [1.29, 1.82) is 0 Å². The first-order valence-corrected chi connectivity index (χ1v) is 7.66. The van der Waals surface area contributed by atoms with Crippen LogP contribution >= 0.6 is 15.9 Å². The van der Waals surface area contributed by atoms with E-state index in [-0.39, 0.29) is 0 Å². The van der Waals surface area contributed by atoms with Gasteiger partial charge in [-0.05, 0) is 60.3 Å². The Kier molecular flexibility index (Phi) is 3.57. The van der Waals surface area contributed by atoms with Crippen molar-refractivity contribution in [3.8, 4) is 0 Å². The SMILES string of the molecule is Cc1cc(Br)cnc1NC1CCN2CCCCC12. The molecule has 0 aliphatic carbocycles. The van der Waals surface area contributed by atoms with E-state index in [0.717, 1.165) is 16.3 Å². The molecule has 3 nitrogen and oxygen atoms in total. The minimum absolute atomic E-state index is 0.581. The number of anilines is 1. The second-order valence-electron chi connectivity index (χ2n) is 5.46. The summed E-state index contributed by atoms with van der Waals surface area (Å²) in [4.78, 5) is 7.15. The van der Waals surface area contributed by atoms with Crippen LogP contribution in [0.3, 0.4) is 0 Å². The number of hydrogen-bond acceptors (Lipinski definition) is 3. The molecule has 18 heavy (non-hydrogen) atoms. The Morgan fingerprint density at radius 3 is 3.06 bits per heavy atom. The van der Waals surface area contributed by atoms with Gasteiger partial charge in [-0.2, -0.15) is 0 Å². The van der Waals surface area contributed by atoms with Crippen molar-refractivity contribution < 1.29 is 0 Å². The minimum atomic E-state index is 0.581. The molecular weight excluding hydrogens is 290 g/mol. The molecule has 2 aliphatic heterocycles. The molecule has 0 spiro atoms. The number of halogens is 1. The summed E-state index contributed by atoms with van der Waals surface area (Å²) in [5.41, 5.74) is 1.22. The van der Waals surface area contributed by atoms with Gasteiger partial charge >= 0.3 is 0 Å². The van der Waals surface area contributed by atoms with Gasteiger partial charge < -0.3 is 5.32 Å². The van der Waals surface area contributed by atoms with Gasteiger partial charge in [0.05, 0.1) is 0 Å². The Hall–Kier alpha value is -0.610. The molecular formula is C14H20BrN3. The maximum atomic E-state index is 4.50. The van der Waals surface area contributed by atoms with Crippen LogP contribution in [0.4, 0.5) is 5.82 Å². The van der Waals surface area contributed by atoms with Gasteiger partial charge in [-0.25, -0.2) is 4.98 Å². The fourth-order valence-corrected chi connectivity index (χ4v) is 3.73. The molecule has 2 saturated heterocycles. The van der Waals surface area contributed by atoms with Crippen LogP contribution in [-0.2, 0) is 0 Å². The molecule has 4 heteroatoms. The van der Waals surface area contributed by atoms with E-state index in [9.17, 15) is 0 Å². The van der Waals surface area contributed by atoms with Crippen LogP contribution in [0.1, 0.15) is 31.2 Å². The molecule has 1 aromatic heterocycles. The van der Waals surface area contributed by atoms with Crippen molar-refractivity contribution in [2.75, 3.05) is 18.4 Å². The summed E-state index contributed by atoms with van der Waals surface area (Å²) in [5, 5.41) is 3.66. The fourth-order valence-electron chi connectivity index (χ4n) is 3.28. The molecule has 3 heterocycles. The van der Waals surface area contributed by atoms with Gasteiger partial charge in [0.1, 0.15) is 5.82 Å². The van der Waals surface area contributed by atoms with E-state index in [0.29, 0.717) is 6.04 Å². The van der Waals surface area contributed by atoms with Crippen molar-refractivity contribution in [2.45, 2.75) is 44.7 Å². The minimum Gasteiger partial charge on any atom is -0.365 e. The number of aryl methyl sites for hydroxylation is 1. The summed E-state index contributed by atoms with van der Waals surface area (Å²) < 4.78 is 1.05. The van der Waals surface area contributed by atoms with Gasteiger partial charge in [0.25, 0.3) is 0 Å². The van der Waals surface area contributed by atoms with E-state index < -0.39 is 0 Å². The molecule has 3 rings (SSSR count). The van der Waals surface area contributed by atoms with E-state index in [2.05, 4.69) is 44.1 Å². The van der Waals surface area contributed by atoms with Crippen LogP contribution in [0.2, 0.25) is 0 Å². The fraction of sp³-hybridized carbons (Fsp3) is 0.643. The predicted octanol–water partition coefficient (Wildman–Crippen LogP) is 3.19. The lowest BCUT2D eigenvalue weighted by molar-refractivity contribution is 0.192. The van der Waals surface area contributed by atoms with Gasteiger partial charge in [0, 0.05) is 29.3 Å². The molecule has 0 bridgehead atoms. The number of hydrogen-bond donors (Lipinski definition) is 1. The van der Waals surface area contributed by atoms with Crippen molar-refractivity contribution in [2.24, 2.45) is 0 Å². The molecule has 2 fully saturated rings. The molecule has 2 unspecified atom stereocenters. The van der Waals surface area contributed by atoms with E-state index in [1.165, 1.54) is 44.3 Å². The molecule has 1 aromatic rings. The largest absolute Gasteiger partial charge is 0.365 e. The number of pyridine rings is 1. The van der Waals surface area contributed by atoms with E-state index in [1.54, 1.807) is 0 Å². The van der Waals surface area contributed by atoms with Crippen molar-refractivity contribution in [3.63, 3.8) is 0 Å². The number of nitrogens with zero attached hydrogens (tertiary/aromatic N) is 2. The number of nitrogens with one attached hydrogen (secondary N) is 1. The Morgan fingerprint density at radius 1 is 1.33 bits per heavy atom. The molecule has 0 aromatic carbocycles. The highest BCUT2D eigenvalue weighted by Gasteiger charge is 2.35. The van der Waals surface area contributed by atoms with Crippen LogP contribution in [0.25, 0.3) is 0 Å². The molecule has 1 N–H and O–H groups in total. The van der Waals surface area contributed by atoms with Gasteiger partial charge in [0.2, 0.25) is 0 Å². The number of piperidine rings is 1. The molecule has 2 atom stereocenters. The molecule has 2 aliphatic rings. The van der Waals surface area contributed by atoms with E-state index >= 15 is 0 Å². The lowest BCUT2D eigenvalue weighted by atomic mass is 9.99. The maximum absolute atomic E-state index is 4.50. The van der Waals surface area contributed by atoms with Gasteiger partial charge in [0.15, 0.2) is 0 Å². The van der Waals surface area contributed by atoms with Crippen LogP contribution in [-0.4, -0.2) is 35.1 Å². The van der Waals surface area contributed by atoms with Crippen molar-refractivity contribution in [1.82, 2.24) is 9.88 Å². The summed E-state index contributed by atoms with van der Waals surface area (Å²) in [5.74, 6) is 1.05. The summed E-state index contributed by atoms with van der Waals surface area (Å²) in [6.07, 6.45) is 7.23. The standard InChI is InChI=1S/C14H20BrN3/c1-10-8-11(15)9-16-14(10)17-12-5-7-18-6-3-2-4-13(12)18/h8-9,12-13H,2-7H2,1H3,(H,16,17). The Labute approximate surface area is 117 Å². The van der Waals surface area contributed by atoms with Gasteiger partial charge in [-0.1, -0.05) is 6.42 Å². The highest BCUT2D eigenvalue weighted by atomic mass is 79.9. The van der Waals surface area contributed by atoms with E-state index in [4.69, 9.17) is 0 Å². The zero-order valence-corrected chi connectivity index (χ0v) is 12.4. The molecule has 0 amide bonds. The predicted molar refractivity (Wildman–Crippen MR) is 77.9 cm³/mol. The quantitative estimate of drug-likeness (QED) is 0.909. The number of aromatic nitrogens is 1. The lowest BCUT2D eigenvalue weighted by Gasteiger charge is -2.32. The van der Waals surface area contributed by atoms with Crippen LogP contribution in [0.5, 0.6) is 0 Å². The van der Waals surface area contributed by atoms with Crippen LogP contribution < -0.4 is 5.32 Å². The topological polar surface area (TPSA) is 28.2 Å². The molecule has 0 radical (unpaired) electrons. The smallest absolute Gasteiger partial charge is 0.129 e. The zero-order valence-electron chi connectivity index (χ0n) is 10.8. The summed E-state index contributed by atoms with van der Waals surface area (Å²) >= 11 is 3.47. The summed E-state index contributed by atoms with van der Waals surface area (Å²) in [7, 11) is 0. The Bertz CT molecular complexity index is 435. The third-order valence-corrected chi connectivity index (χ3v) is 4.66. The zero-order chi connectivity index (χ0) is 12.5. The first-order valence-electron chi connectivity index (χ1n) is 6.87. The lowest BCUT2D eigenvalue weighted by Crippen LogP contribution is -2.41. The van der Waals surface area contributed by atoms with E-state index in [1.807, 2.05) is 6.20 Å². The highest BCUT2D eigenvalue weighted by molar-refractivity contribution is 9.10. The molecule has 98 valence electrons. The first kappa shape index (κ1) is 12.4. The average molecular weight is 310 g/mol. The summed E-state index contributed by atoms with van der Waals surface area (Å²) in [6, 6.07) is 3.43. The Balaban J connectivity index is 1.72. The Morgan fingerprint density at radius 2 is 2.22 bits per heavy atom. The second-order valence-corrected chi connectivity index (χ2v) is 6.37. The highest BCUT2D eigenvalue weighted by Crippen LogP contribution is 2.29. The van der Waals surface area contributed by atoms with Crippen molar-refractivity contribution >= 4 is 21.7 Å². The maximum Gasteiger partial charge on any atom is 0.129 e. The van der Waals surface area contributed by atoms with Gasteiger partial charge in [-0.15, -0.1) is 0 Å². The number of fused-ring (bicyclic) bond motifs is 1. The second kappa shape index (κ2) is 5.17. The first-order chi connectivity index (χ1) is 8.74. The third kappa shape index (κ3) is 2.41. The normalized spacial score (nSPS) is 28.1. The summed E-state index contributed by atoms with van der Waals surface area (Å²) in [6.45, 7) is 4.65. The average Bonchev–Trinajstić information content (AvgIpc) is 2.76. The van der Waals surface area contributed by atoms with Gasteiger partial charge in [-0.3, -0.25) is 4.90 Å². The third-order valence-electron chi connectivity index (χ3n) is 4.22.